The largest absolute Gasteiger partial charge is 0.355 e. The lowest BCUT2D eigenvalue weighted by molar-refractivity contribution is 0.0963. The number of hydrogen-bond acceptors (Lipinski definition) is 3. The number of amides is 1. The Kier molecular flexibility index (Phi) is 2.53. The number of para-hydroxylation sites is 1. The van der Waals surface area contributed by atoms with Gasteiger partial charge in [0.2, 0.25) is 0 Å². The van der Waals surface area contributed by atoms with Crippen LogP contribution in [0.15, 0.2) is 29.4 Å². The summed E-state index contributed by atoms with van der Waals surface area (Å²) in [4.78, 5) is 11.1. The predicted molar refractivity (Wildman–Crippen MR) is 44.6 cm³/mol. The average molecular weight is 163 g/mol. The Morgan fingerprint density at radius 2 is 2.17 bits per heavy atom. The van der Waals surface area contributed by atoms with Gasteiger partial charge in [-0.15, -0.1) is 0 Å². The molecule has 0 unspecified atom stereocenters. The molecule has 62 valence electrons. The van der Waals surface area contributed by atoms with E-state index in [4.69, 9.17) is 5.53 Å². The van der Waals surface area contributed by atoms with Gasteiger partial charge in [-0.2, -0.15) is 5.11 Å². The van der Waals surface area contributed by atoms with E-state index in [9.17, 15) is 4.79 Å². The maximum Gasteiger partial charge on any atom is 0.253 e. The molecule has 12 heavy (non-hydrogen) atoms. The van der Waals surface area contributed by atoms with Crippen LogP contribution in [0.2, 0.25) is 0 Å². The number of carbonyl (C=O) groups is 1. The third-order valence-corrected chi connectivity index (χ3v) is 1.50. The number of nitrogens with one attached hydrogen (secondary N) is 2. The van der Waals surface area contributed by atoms with Crippen LogP contribution in [0.3, 0.4) is 0 Å². The van der Waals surface area contributed by atoms with Crippen LogP contribution in [0.4, 0.5) is 5.69 Å². The fourth-order valence-electron chi connectivity index (χ4n) is 0.898. The van der Waals surface area contributed by atoms with E-state index in [1.807, 2.05) is 0 Å². The van der Waals surface area contributed by atoms with Crippen molar-refractivity contribution in [2.75, 3.05) is 7.05 Å². The second-order valence-electron chi connectivity index (χ2n) is 2.21. The number of rotatable bonds is 2. The van der Waals surface area contributed by atoms with Crippen LogP contribution in [0.5, 0.6) is 0 Å². The van der Waals surface area contributed by atoms with Crippen LogP contribution in [0.25, 0.3) is 0 Å². The molecule has 0 heterocycles. The summed E-state index contributed by atoms with van der Waals surface area (Å²) in [6, 6.07) is 6.73. The van der Waals surface area contributed by atoms with Crippen molar-refractivity contribution in [3.8, 4) is 0 Å². The maximum atomic E-state index is 11.1. The Labute approximate surface area is 70.1 Å². The first-order chi connectivity index (χ1) is 5.79. The van der Waals surface area contributed by atoms with Crippen molar-refractivity contribution in [3.63, 3.8) is 0 Å². The van der Waals surface area contributed by atoms with Crippen LogP contribution in [0.1, 0.15) is 10.4 Å². The summed E-state index contributed by atoms with van der Waals surface area (Å²) in [5.41, 5.74) is 7.61. The number of benzene rings is 1. The van der Waals surface area contributed by atoms with E-state index in [1.54, 1.807) is 31.3 Å². The minimum absolute atomic E-state index is 0.221. The molecule has 0 bridgehead atoms. The van der Waals surface area contributed by atoms with Gasteiger partial charge in [0.25, 0.3) is 5.91 Å². The summed E-state index contributed by atoms with van der Waals surface area (Å²) in [6.45, 7) is 0. The molecule has 0 radical (unpaired) electrons. The van der Waals surface area contributed by atoms with Crippen molar-refractivity contribution in [2.45, 2.75) is 0 Å². The lowest BCUT2D eigenvalue weighted by Gasteiger charge is -2.00. The molecule has 0 saturated carbocycles. The normalized spacial score (nSPS) is 9.08. The third-order valence-electron chi connectivity index (χ3n) is 1.50. The minimum Gasteiger partial charge on any atom is -0.355 e. The van der Waals surface area contributed by atoms with Crippen molar-refractivity contribution < 1.29 is 4.79 Å². The number of carbonyl (C=O) groups excluding carboxylic acids is 1. The third kappa shape index (κ3) is 1.47. The van der Waals surface area contributed by atoms with Crippen LogP contribution in [0, 0.1) is 5.53 Å². The fraction of sp³-hybridized carbons (Fsp3) is 0.125. The Bertz CT molecular complexity index is 309. The van der Waals surface area contributed by atoms with E-state index < -0.39 is 0 Å². The standard InChI is InChI=1S/C8H9N3O/c1-10-8(12)6-4-2-3-5-7(6)11-9/h2-5,9H,1H3,(H,10,12). The van der Waals surface area contributed by atoms with E-state index in [-0.39, 0.29) is 5.91 Å². The van der Waals surface area contributed by atoms with E-state index in [0.717, 1.165) is 0 Å². The summed E-state index contributed by atoms with van der Waals surface area (Å²) in [5, 5.41) is 5.70. The molecule has 0 spiro atoms. The fourth-order valence-corrected chi connectivity index (χ4v) is 0.898. The number of nitrogens with zero attached hydrogens (tertiary/aromatic N) is 1. The van der Waals surface area contributed by atoms with Gasteiger partial charge in [-0.3, -0.25) is 4.79 Å². The van der Waals surface area contributed by atoms with Crippen LogP contribution in [-0.2, 0) is 0 Å². The SMILES string of the molecule is CNC(=O)c1ccccc1N=N. The summed E-state index contributed by atoms with van der Waals surface area (Å²) >= 11 is 0. The molecule has 0 saturated heterocycles. The molecule has 1 aromatic rings. The number of hydrogen-bond donors (Lipinski definition) is 2. The zero-order valence-electron chi connectivity index (χ0n) is 6.66. The molecule has 1 rings (SSSR count). The van der Waals surface area contributed by atoms with E-state index >= 15 is 0 Å². The zero-order valence-corrected chi connectivity index (χ0v) is 6.66. The Morgan fingerprint density at radius 1 is 1.50 bits per heavy atom. The Balaban J connectivity index is 3.13. The topological polar surface area (TPSA) is 65.3 Å². The molecular formula is C8H9N3O. The molecule has 4 nitrogen and oxygen atoms in total. The first-order valence-corrected chi connectivity index (χ1v) is 3.48. The molecule has 0 fully saturated rings. The highest BCUT2D eigenvalue weighted by Gasteiger charge is 2.06. The highest BCUT2D eigenvalue weighted by atomic mass is 16.1. The monoisotopic (exact) mass is 163 g/mol. The van der Waals surface area contributed by atoms with Crippen molar-refractivity contribution in [3.05, 3.63) is 29.8 Å². The van der Waals surface area contributed by atoms with Gasteiger partial charge in [0.15, 0.2) is 0 Å². The molecule has 4 heteroatoms. The van der Waals surface area contributed by atoms with Gasteiger partial charge >= 0.3 is 0 Å². The summed E-state index contributed by atoms with van der Waals surface area (Å²) in [5.74, 6) is -0.221. The summed E-state index contributed by atoms with van der Waals surface area (Å²) in [6.07, 6.45) is 0. The Morgan fingerprint density at radius 3 is 2.75 bits per heavy atom. The van der Waals surface area contributed by atoms with E-state index in [0.29, 0.717) is 11.3 Å². The first-order valence-electron chi connectivity index (χ1n) is 3.48. The van der Waals surface area contributed by atoms with Crippen molar-refractivity contribution in [1.82, 2.24) is 5.32 Å². The van der Waals surface area contributed by atoms with Crippen LogP contribution >= 0.6 is 0 Å². The molecule has 0 aromatic heterocycles. The van der Waals surface area contributed by atoms with Gasteiger partial charge < -0.3 is 5.32 Å². The summed E-state index contributed by atoms with van der Waals surface area (Å²) < 4.78 is 0. The highest BCUT2D eigenvalue weighted by molar-refractivity contribution is 5.98. The minimum atomic E-state index is -0.221. The Hall–Kier alpha value is -1.71. The smallest absolute Gasteiger partial charge is 0.253 e. The molecule has 0 atom stereocenters. The molecule has 1 aromatic carbocycles. The predicted octanol–water partition coefficient (Wildman–Crippen LogP) is 1.71. The maximum absolute atomic E-state index is 11.1. The molecule has 1 amide bonds. The van der Waals surface area contributed by atoms with Gasteiger partial charge in [-0.25, -0.2) is 5.53 Å². The van der Waals surface area contributed by atoms with Crippen LogP contribution < -0.4 is 5.32 Å². The van der Waals surface area contributed by atoms with Crippen molar-refractivity contribution in [1.29, 1.82) is 5.53 Å². The van der Waals surface area contributed by atoms with Gasteiger partial charge in [-0.05, 0) is 12.1 Å². The van der Waals surface area contributed by atoms with Gasteiger partial charge in [0, 0.05) is 7.05 Å². The summed E-state index contributed by atoms with van der Waals surface area (Å²) in [7, 11) is 1.54. The van der Waals surface area contributed by atoms with Gasteiger partial charge in [0.05, 0.1) is 11.3 Å². The molecule has 0 aliphatic rings. The molecular weight excluding hydrogens is 154 g/mol. The van der Waals surface area contributed by atoms with E-state index in [1.165, 1.54) is 0 Å². The lowest BCUT2D eigenvalue weighted by atomic mass is 10.2. The van der Waals surface area contributed by atoms with Gasteiger partial charge in [0.1, 0.15) is 0 Å². The second-order valence-corrected chi connectivity index (χ2v) is 2.21. The average Bonchev–Trinajstić information content (AvgIpc) is 2.16. The zero-order chi connectivity index (χ0) is 8.97. The molecule has 2 N–H and O–H groups in total. The first kappa shape index (κ1) is 8.39. The van der Waals surface area contributed by atoms with Crippen LogP contribution in [-0.4, -0.2) is 13.0 Å². The molecule has 0 aliphatic carbocycles. The highest BCUT2D eigenvalue weighted by Crippen LogP contribution is 2.17. The van der Waals surface area contributed by atoms with Crippen molar-refractivity contribution >= 4 is 11.6 Å². The second kappa shape index (κ2) is 3.61. The van der Waals surface area contributed by atoms with Gasteiger partial charge in [-0.1, -0.05) is 12.1 Å². The quantitative estimate of drug-likeness (QED) is 0.640. The van der Waals surface area contributed by atoms with Crippen molar-refractivity contribution in [2.24, 2.45) is 5.11 Å². The lowest BCUT2D eigenvalue weighted by Crippen LogP contribution is -2.17. The van der Waals surface area contributed by atoms with E-state index in [2.05, 4.69) is 10.4 Å². The molecule has 0 aliphatic heterocycles.